The fourth-order valence-electron chi connectivity index (χ4n) is 5.00. The van der Waals surface area contributed by atoms with Crippen LogP contribution < -0.4 is 0 Å². The predicted octanol–water partition coefficient (Wildman–Crippen LogP) is 3.37. The lowest BCUT2D eigenvalue weighted by atomic mass is 9.76. The summed E-state index contributed by atoms with van der Waals surface area (Å²) in [6, 6.07) is 7.96. The van der Waals surface area contributed by atoms with Crippen molar-refractivity contribution in [2.45, 2.75) is 45.1 Å². The van der Waals surface area contributed by atoms with Crippen LogP contribution in [0.15, 0.2) is 28.8 Å². The standard InChI is InChI=1S/C22H28N6O2/c1-14(2)20-23-19(26-30-20)17-12-22(13-27(17)3)8-10-28(11-9-22)21(29)18-15-6-4-5-7-16(15)24-25-18/h4-7,14,17H,8-13H2,1-3H3,(H,24,25). The predicted molar refractivity (Wildman–Crippen MR) is 112 cm³/mol. The fraction of sp³-hybridized carbons (Fsp3) is 0.545. The molecule has 158 valence electrons. The Labute approximate surface area is 175 Å². The summed E-state index contributed by atoms with van der Waals surface area (Å²) in [6.45, 7) is 6.63. The number of piperidine rings is 1. The summed E-state index contributed by atoms with van der Waals surface area (Å²) in [7, 11) is 2.14. The minimum absolute atomic E-state index is 0.0185. The monoisotopic (exact) mass is 408 g/mol. The van der Waals surface area contributed by atoms with E-state index in [-0.39, 0.29) is 23.3 Å². The molecule has 1 atom stereocenters. The number of carbonyl (C=O) groups excluding carboxylic acids is 1. The number of fused-ring (bicyclic) bond motifs is 1. The van der Waals surface area contributed by atoms with Crippen molar-refractivity contribution in [3.63, 3.8) is 0 Å². The molecule has 1 spiro atoms. The Morgan fingerprint density at radius 3 is 2.77 bits per heavy atom. The summed E-state index contributed by atoms with van der Waals surface area (Å²) in [5, 5.41) is 12.4. The van der Waals surface area contributed by atoms with E-state index < -0.39 is 0 Å². The Hall–Kier alpha value is -2.74. The third kappa shape index (κ3) is 3.19. The van der Waals surface area contributed by atoms with E-state index in [0.717, 1.165) is 55.6 Å². The van der Waals surface area contributed by atoms with Gasteiger partial charge in [0.2, 0.25) is 5.89 Å². The number of nitrogens with zero attached hydrogens (tertiary/aromatic N) is 5. The van der Waals surface area contributed by atoms with Gasteiger partial charge >= 0.3 is 0 Å². The Morgan fingerprint density at radius 1 is 1.27 bits per heavy atom. The van der Waals surface area contributed by atoms with Crippen molar-refractivity contribution >= 4 is 16.8 Å². The van der Waals surface area contributed by atoms with Gasteiger partial charge in [-0.25, -0.2) is 0 Å². The Balaban J connectivity index is 1.27. The number of aromatic nitrogens is 4. The smallest absolute Gasteiger partial charge is 0.274 e. The molecule has 8 nitrogen and oxygen atoms in total. The van der Waals surface area contributed by atoms with Crippen molar-refractivity contribution in [2.75, 3.05) is 26.7 Å². The molecule has 0 aliphatic carbocycles. The molecule has 1 N–H and O–H groups in total. The molecule has 2 fully saturated rings. The summed E-state index contributed by atoms with van der Waals surface area (Å²) in [6.07, 6.45) is 2.97. The van der Waals surface area contributed by atoms with E-state index in [1.807, 2.05) is 29.2 Å². The molecule has 1 unspecified atom stereocenters. The quantitative estimate of drug-likeness (QED) is 0.714. The normalized spacial score (nSPS) is 21.9. The molecule has 8 heteroatoms. The molecule has 3 aromatic rings. The van der Waals surface area contributed by atoms with Gasteiger partial charge in [-0.1, -0.05) is 37.2 Å². The molecule has 0 radical (unpaired) electrons. The third-order valence-electron chi connectivity index (χ3n) is 6.78. The zero-order valence-corrected chi connectivity index (χ0v) is 17.8. The number of hydrogen-bond acceptors (Lipinski definition) is 6. The fourth-order valence-corrected chi connectivity index (χ4v) is 5.00. The van der Waals surface area contributed by atoms with E-state index in [2.05, 4.69) is 46.1 Å². The number of likely N-dealkylation sites (tertiary alicyclic amines) is 2. The van der Waals surface area contributed by atoms with Crippen LogP contribution in [0.3, 0.4) is 0 Å². The van der Waals surface area contributed by atoms with Crippen molar-refractivity contribution in [2.24, 2.45) is 5.41 Å². The third-order valence-corrected chi connectivity index (χ3v) is 6.78. The minimum atomic E-state index is 0.0185. The molecule has 4 heterocycles. The van der Waals surface area contributed by atoms with Crippen molar-refractivity contribution in [3.05, 3.63) is 41.7 Å². The van der Waals surface area contributed by atoms with E-state index in [4.69, 9.17) is 4.52 Å². The van der Waals surface area contributed by atoms with Crippen molar-refractivity contribution in [3.8, 4) is 0 Å². The number of rotatable bonds is 3. The number of aromatic amines is 1. The van der Waals surface area contributed by atoms with Gasteiger partial charge < -0.3 is 9.42 Å². The molecular formula is C22H28N6O2. The maximum absolute atomic E-state index is 13.1. The van der Waals surface area contributed by atoms with Gasteiger partial charge in [0.25, 0.3) is 5.91 Å². The highest BCUT2D eigenvalue weighted by atomic mass is 16.5. The number of amides is 1. The first-order valence-corrected chi connectivity index (χ1v) is 10.7. The maximum Gasteiger partial charge on any atom is 0.274 e. The summed E-state index contributed by atoms with van der Waals surface area (Å²) < 4.78 is 5.44. The van der Waals surface area contributed by atoms with Crippen LogP contribution in [0.25, 0.3) is 10.9 Å². The van der Waals surface area contributed by atoms with Gasteiger partial charge in [0.15, 0.2) is 11.5 Å². The van der Waals surface area contributed by atoms with Crippen molar-refractivity contribution in [1.29, 1.82) is 0 Å². The second-order valence-electron chi connectivity index (χ2n) is 9.19. The molecule has 1 aromatic carbocycles. The molecule has 5 rings (SSSR count). The minimum Gasteiger partial charge on any atom is -0.339 e. The molecule has 2 saturated heterocycles. The van der Waals surface area contributed by atoms with E-state index in [9.17, 15) is 4.79 Å². The van der Waals surface area contributed by atoms with E-state index in [1.165, 1.54) is 0 Å². The zero-order chi connectivity index (χ0) is 20.9. The largest absolute Gasteiger partial charge is 0.339 e. The van der Waals surface area contributed by atoms with Gasteiger partial charge in [-0.2, -0.15) is 10.1 Å². The van der Waals surface area contributed by atoms with Gasteiger partial charge in [-0.15, -0.1) is 0 Å². The lowest BCUT2D eigenvalue weighted by Gasteiger charge is -2.39. The number of nitrogens with one attached hydrogen (secondary N) is 1. The summed E-state index contributed by atoms with van der Waals surface area (Å²) in [5.41, 5.74) is 1.62. The molecule has 30 heavy (non-hydrogen) atoms. The van der Waals surface area contributed by atoms with Gasteiger partial charge in [0, 0.05) is 30.9 Å². The van der Waals surface area contributed by atoms with Crippen LogP contribution in [0.2, 0.25) is 0 Å². The van der Waals surface area contributed by atoms with Crippen LogP contribution in [0.1, 0.15) is 67.3 Å². The number of carbonyl (C=O) groups is 1. The second kappa shape index (κ2) is 7.19. The highest BCUT2D eigenvalue weighted by molar-refractivity contribution is 6.04. The summed E-state index contributed by atoms with van der Waals surface area (Å²) >= 11 is 0. The lowest BCUT2D eigenvalue weighted by Crippen LogP contribution is -2.44. The van der Waals surface area contributed by atoms with Crippen LogP contribution in [-0.4, -0.2) is 62.7 Å². The van der Waals surface area contributed by atoms with Gasteiger partial charge in [0.05, 0.1) is 11.6 Å². The van der Waals surface area contributed by atoms with Crippen LogP contribution in [0, 0.1) is 5.41 Å². The van der Waals surface area contributed by atoms with E-state index in [1.54, 1.807) is 0 Å². The average Bonchev–Trinajstić information content (AvgIpc) is 3.45. The Morgan fingerprint density at radius 2 is 2.03 bits per heavy atom. The lowest BCUT2D eigenvalue weighted by molar-refractivity contribution is 0.0589. The zero-order valence-electron chi connectivity index (χ0n) is 17.8. The number of para-hydroxylation sites is 1. The van der Waals surface area contributed by atoms with Crippen LogP contribution in [0.4, 0.5) is 0 Å². The summed E-state index contributed by atoms with van der Waals surface area (Å²) in [4.78, 5) is 22.0. The summed E-state index contributed by atoms with van der Waals surface area (Å²) in [5.74, 6) is 1.75. The van der Waals surface area contributed by atoms with Crippen molar-refractivity contribution < 1.29 is 9.32 Å². The van der Waals surface area contributed by atoms with Crippen LogP contribution in [-0.2, 0) is 0 Å². The van der Waals surface area contributed by atoms with E-state index in [0.29, 0.717) is 11.6 Å². The highest BCUT2D eigenvalue weighted by Crippen LogP contribution is 2.48. The number of H-pyrrole nitrogens is 1. The van der Waals surface area contributed by atoms with Crippen LogP contribution in [0.5, 0.6) is 0 Å². The molecule has 2 aliphatic rings. The van der Waals surface area contributed by atoms with Crippen molar-refractivity contribution in [1.82, 2.24) is 30.1 Å². The average molecular weight is 409 g/mol. The maximum atomic E-state index is 13.1. The Bertz CT molecular complexity index is 1060. The number of benzene rings is 1. The SMILES string of the molecule is CC(C)c1nc(C2CC3(CCN(C(=O)c4n[nH]c5ccccc45)CC3)CN2C)no1. The molecule has 0 saturated carbocycles. The molecule has 2 aliphatic heterocycles. The van der Waals surface area contributed by atoms with Gasteiger partial charge in [-0.3, -0.25) is 14.8 Å². The first-order valence-electron chi connectivity index (χ1n) is 10.7. The van der Waals surface area contributed by atoms with Gasteiger partial charge in [0.1, 0.15) is 0 Å². The number of hydrogen-bond donors (Lipinski definition) is 1. The second-order valence-corrected chi connectivity index (χ2v) is 9.19. The molecule has 1 amide bonds. The first kappa shape index (κ1) is 19.2. The Kier molecular flexibility index (Phi) is 4.61. The van der Waals surface area contributed by atoms with E-state index >= 15 is 0 Å². The first-order chi connectivity index (χ1) is 14.5. The molecular weight excluding hydrogens is 380 g/mol. The highest BCUT2D eigenvalue weighted by Gasteiger charge is 2.46. The van der Waals surface area contributed by atoms with Crippen LogP contribution >= 0.6 is 0 Å². The molecule has 2 aromatic heterocycles. The van der Waals surface area contributed by atoms with Gasteiger partial charge in [-0.05, 0) is 37.8 Å². The topological polar surface area (TPSA) is 91.2 Å². The molecule has 0 bridgehead atoms.